The molecule has 0 saturated heterocycles. The van der Waals surface area contributed by atoms with E-state index < -0.39 is 23.3 Å². The number of hydrogen-bond acceptors (Lipinski definition) is 3. The van der Waals surface area contributed by atoms with Gasteiger partial charge in [-0.1, -0.05) is 24.6 Å². The van der Waals surface area contributed by atoms with Crippen molar-refractivity contribution in [3.8, 4) is 0 Å². The highest BCUT2D eigenvalue weighted by Crippen LogP contribution is 2.36. The third-order valence-electron chi connectivity index (χ3n) is 4.66. The molecule has 1 heterocycles. The average Bonchev–Trinajstić information content (AvgIpc) is 2.50. The Morgan fingerprint density at radius 2 is 1.96 bits per heavy atom. The van der Waals surface area contributed by atoms with Gasteiger partial charge in [-0.15, -0.1) is 0 Å². The van der Waals surface area contributed by atoms with Crippen LogP contribution in [0.1, 0.15) is 58.0 Å². The Morgan fingerprint density at radius 1 is 1.27 bits per heavy atom. The molecule has 0 unspecified atom stereocenters. The Labute approximate surface area is 148 Å². The van der Waals surface area contributed by atoms with Crippen molar-refractivity contribution >= 4 is 5.91 Å². The summed E-state index contributed by atoms with van der Waals surface area (Å²) in [6, 6.07) is 6.66. The van der Waals surface area contributed by atoms with Gasteiger partial charge in [0.1, 0.15) is 11.3 Å². The molecular weight excluding hydrogens is 347 g/mol. The average molecular weight is 365 g/mol. The Morgan fingerprint density at radius 3 is 2.54 bits per heavy atom. The summed E-state index contributed by atoms with van der Waals surface area (Å²) in [5.74, 6) is 0.0308. The standard InChI is InChI=1S/C19H18F3NO3/c1-11-9-15(12-6-4-7-12)26-18(25)16(11)17(24)23-10-13-5-2-3-8-14(13)19(20,21)22/h2-3,5,8-9,12H,4,6-7,10H2,1H3,(H,23,24). The van der Waals surface area contributed by atoms with Gasteiger partial charge in [-0.05, 0) is 43.0 Å². The Balaban J connectivity index is 1.78. The van der Waals surface area contributed by atoms with Gasteiger partial charge >= 0.3 is 11.8 Å². The predicted octanol–water partition coefficient (Wildman–Crippen LogP) is 4.16. The van der Waals surface area contributed by atoms with Crippen LogP contribution >= 0.6 is 0 Å². The first-order chi connectivity index (χ1) is 12.3. The molecule has 1 aromatic carbocycles. The predicted molar refractivity (Wildman–Crippen MR) is 88.9 cm³/mol. The zero-order valence-corrected chi connectivity index (χ0v) is 14.2. The minimum absolute atomic E-state index is 0.0681. The summed E-state index contributed by atoms with van der Waals surface area (Å²) in [4.78, 5) is 24.5. The van der Waals surface area contributed by atoms with Gasteiger partial charge in [0.25, 0.3) is 5.91 Å². The third kappa shape index (κ3) is 3.66. The molecule has 2 aromatic rings. The molecule has 0 atom stereocenters. The van der Waals surface area contributed by atoms with Gasteiger partial charge in [0.05, 0.1) is 5.56 Å². The van der Waals surface area contributed by atoms with E-state index in [1.807, 2.05) is 0 Å². The number of carbonyl (C=O) groups is 1. The molecule has 3 rings (SSSR count). The molecule has 1 N–H and O–H groups in total. The summed E-state index contributed by atoms with van der Waals surface area (Å²) < 4.78 is 44.3. The van der Waals surface area contributed by atoms with Crippen LogP contribution in [0.3, 0.4) is 0 Å². The van der Waals surface area contributed by atoms with Gasteiger partial charge < -0.3 is 9.73 Å². The molecule has 1 aromatic heterocycles. The van der Waals surface area contributed by atoms with E-state index in [0.29, 0.717) is 11.3 Å². The van der Waals surface area contributed by atoms with Gasteiger partial charge in [-0.2, -0.15) is 13.2 Å². The van der Waals surface area contributed by atoms with Gasteiger partial charge in [0.15, 0.2) is 0 Å². The molecule has 1 fully saturated rings. The number of alkyl halides is 3. The second-order valence-corrected chi connectivity index (χ2v) is 6.46. The van der Waals surface area contributed by atoms with Crippen molar-refractivity contribution in [2.75, 3.05) is 0 Å². The summed E-state index contributed by atoms with van der Waals surface area (Å²) >= 11 is 0. The molecule has 1 amide bonds. The van der Waals surface area contributed by atoms with E-state index in [2.05, 4.69) is 5.32 Å². The first-order valence-electron chi connectivity index (χ1n) is 8.35. The summed E-state index contributed by atoms with van der Waals surface area (Å²) in [6.07, 6.45) is -1.54. The number of benzene rings is 1. The number of amides is 1. The maximum atomic E-state index is 13.0. The lowest BCUT2D eigenvalue weighted by Gasteiger charge is -2.24. The summed E-state index contributed by atoms with van der Waals surface area (Å²) in [5, 5.41) is 2.39. The molecule has 138 valence electrons. The van der Waals surface area contributed by atoms with Gasteiger partial charge in [0, 0.05) is 12.5 Å². The molecule has 0 aliphatic heterocycles. The number of hydrogen-bond donors (Lipinski definition) is 1. The van der Waals surface area contributed by atoms with Crippen LogP contribution in [-0.4, -0.2) is 5.91 Å². The fraction of sp³-hybridized carbons (Fsp3) is 0.368. The maximum absolute atomic E-state index is 13.0. The topological polar surface area (TPSA) is 59.3 Å². The smallest absolute Gasteiger partial charge is 0.416 e. The van der Waals surface area contributed by atoms with Crippen LogP contribution in [0.5, 0.6) is 0 Å². The fourth-order valence-electron chi connectivity index (χ4n) is 3.01. The van der Waals surface area contributed by atoms with Crippen LogP contribution in [0.2, 0.25) is 0 Å². The molecule has 1 aliphatic rings. The van der Waals surface area contributed by atoms with Gasteiger partial charge in [-0.3, -0.25) is 4.79 Å². The van der Waals surface area contributed by atoms with Crippen LogP contribution in [0, 0.1) is 6.92 Å². The molecular formula is C19H18F3NO3. The van der Waals surface area contributed by atoms with E-state index in [1.165, 1.54) is 18.2 Å². The second-order valence-electron chi connectivity index (χ2n) is 6.46. The van der Waals surface area contributed by atoms with Crippen molar-refractivity contribution in [2.24, 2.45) is 0 Å². The zero-order valence-electron chi connectivity index (χ0n) is 14.2. The van der Waals surface area contributed by atoms with E-state index >= 15 is 0 Å². The molecule has 1 aliphatic carbocycles. The van der Waals surface area contributed by atoms with E-state index in [-0.39, 0.29) is 23.6 Å². The molecule has 0 spiro atoms. The summed E-state index contributed by atoms with van der Waals surface area (Å²) in [7, 11) is 0. The number of nitrogens with one attached hydrogen (secondary N) is 1. The fourth-order valence-corrected chi connectivity index (χ4v) is 3.01. The van der Waals surface area contributed by atoms with Crippen molar-refractivity contribution in [2.45, 2.75) is 44.8 Å². The number of carbonyl (C=O) groups excluding carboxylic acids is 1. The SMILES string of the molecule is Cc1cc(C2CCC2)oc(=O)c1C(=O)NCc1ccccc1C(F)(F)F. The summed E-state index contributed by atoms with van der Waals surface area (Å²) in [5.41, 5.74) is -1.35. The van der Waals surface area contributed by atoms with Crippen molar-refractivity contribution in [1.82, 2.24) is 5.32 Å². The first-order valence-corrected chi connectivity index (χ1v) is 8.35. The Kier molecular flexibility index (Phi) is 4.89. The molecule has 0 radical (unpaired) electrons. The maximum Gasteiger partial charge on any atom is 0.416 e. The van der Waals surface area contributed by atoms with Crippen LogP contribution in [-0.2, 0) is 12.7 Å². The highest BCUT2D eigenvalue weighted by Gasteiger charge is 2.33. The van der Waals surface area contributed by atoms with E-state index in [0.717, 1.165) is 25.3 Å². The minimum atomic E-state index is -4.51. The lowest BCUT2D eigenvalue weighted by atomic mass is 9.83. The molecule has 1 saturated carbocycles. The molecule has 0 bridgehead atoms. The Bertz CT molecular complexity index is 882. The number of rotatable bonds is 4. The third-order valence-corrected chi connectivity index (χ3v) is 4.66. The normalized spacial score (nSPS) is 14.8. The first kappa shape index (κ1) is 18.2. The minimum Gasteiger partial charge on any atom is -0.427 e. The quantitative estimate of drug-likeness (QED) is 0.885. The van der Waals surface area contributed by atoms with Crippen molar-refractivity contribution in [3.63, 3.8) is 0 Å². The van der Waals surface area contributed by atoms with Gasteiger partial charge in [0.2, 0.25) is 0 Å². The lowest BCUT2D eigenvalue weighted by Crippen LogP contribution is -2.30. The van der Waals surface area contributed by atoms with Crippen LogP contribution < -0.4 is 10.9 Å². The number of aryl methyl sites for hydroxylation is 1. The zero-order chi connectivity index (χ0) is 18.9. The monoisotopic (exact) mass is 365 g/mol. The molecule has 7 heteroatoms. The largest absolute Gasteiger partial charge is 0.427 e. The lowest BCUT2D eigenvalue weighted by molar-refractivity contribution is -0.138. The molecule has 26 heavy (non-hydrogen) atoms. The highest BCUT2D eigenvalue weighted by molar-refractivity contribution is 5.95. The van der Waals surface area contributed by atoms with Crippen molar-refractivity contribution in [3.05, 3.63) is 68.8 Å². The molecule has 4 nitrogen and oxygen atoms in total. The Hall–Kier alpha value is -2.57. The second kappa shape index (κ2) is 6.97. The van der Waals surface area contributed by atoms with Crippen molar-refractivity contribution in [1.29, 1.82) is 0 Å². The van der Waals surface area contributed by atoms with E-state index in [4.69, 9.17) is 4.42 Å². The van der Waals surface area contributed by atoms with Crippen LogP contribution in [0.4, 0.5) is 13.2 Å². The van der Waals surface area contributed by atoms with Crippen LogP contribution in [0.25, 0.3) is 0 Å². The van der Waals surface area contributed by atoms with Crippen LogP contribution in [0.15, 0.2) is 39.5 Å². The van der Waals surface area contributed by atoms with E-state index in [9.17, 15) is 22.8 Å². The number of halogens is 3. The van der Waals surface area contributed by atoms with E-state index in [1.54, 1.807) is 13.0 Å². The highest BCUT2D eigenvalue weighted by atomic mass is 19.4. The summed E-state index contributed by atoms with van der Waals surface area (Å²) in [6.45, 7) is 1.29. The van der Waals surface area contributed by atoms with Crippen molar-refractivity contribution < 1.29 is 22.4 Å². The van der Waals surface area contributed by atoms with Gasteiger partial charge in [-0.25, -0.2) is 4.79 Å².